The van der Waals surface area contributed by atoms with Crippen molar-refractivity contribution in [3.8, 4) is 0 Å². The zero-order valence-electron chi connectivity index (χ0n) is 9.15. The second-order valence-corrected chi connectivity index (χ2v) is 6.10. The van der Waals surface area contributed by atoms with Crippen LogP contribution in [0.2, 0.25) is 0 Å². The van der Waals surface area contributed by atoms with Gasteiger partial charge in [0.1, 0.15) is 19.0 Å². The molecule has 0 saturated heterocycles. The van der Waals surface area contributed by atoms with Crippen molar-refractivity contribution in [2.75, 3.05) is 0 Å². The Balaban J connectivity index is 2.38. The SMILES string of the molecule is CC1=C[Si]C(C2=C(C)C(C)=C[Si]2)=C1C. The molecule has 70 valence electrons. The molecular formula is C12H14Si2. The first-order valence-corrected chi connectivity index (χ1v) is 7.06. The number of allylic oxidation sites excluding steroid dienone is 6. The van der Waals surface area contributed by atoms with Crippen molar-refractivity contribution < 1.29 is 0 Å². The lowest BCUT2D eigenvalue weighted by Gasteiger charge is -2.08. The van der Waals surface area contributed by atoms with Crippen molar-refractivity contribution in [1.82, 2.24) is 0 Å². The lowest BCUT2D eigenvalue weighted by molar-refractivity contribution is 1.32. The van der Waals surface area contributed by atoms with Gasteiger partial charge in [0.05, 0.1) is 0 Å². The molecule has 0 saturated carbocycles. The normalized spacial score (nSPS) is 22.0. The van der Waals surface area contributed by atoms with E-state index in [0.29, 0.717) is 0 Å². The minimum Gasteiger partial charge on any atom is -0.0901 e. The molecule has 2 heterocycles. The van der Waals surface area contributed by atoms with Gasteiger partial charge in [0, 0.05) is 0 Å². The van der Waals surface area contributed by atoms with Crippen LogP contribution >= 0.6 is 0 Å². The molecule has 4 radical (unpaired) electrons. The van der Waals surface area contributed by atoms with E-state index in [2.05, 4.69) is 39.1 Å². The van der Waals surface area contributed by atoms with Gasteiger partial charge in [0.25, 0.3) is 0 Å². The Labute approximate surface area is 91.1 Å². The van der Waals surface area contributed by atoms with Crippen molar-refractivity contribution in [2.24, 2.45) is 0 Å². The van der Waals surface area contributed by atoms with E-state index < -0.39 is 0 Å². The van der Waals surface area contributed by atoms with E-state index in [0.717, 1.165) is 19.0 Å². The van der Waals surface area contributed by atoms with Crippen molar-refractivity contribution in [3.05, 3.63) is 44.1 Å². The van der Waals surface area contributed by atoms with Gasteiger partial charge >= 0.3 is 0 Å². The van der Waals surface area contributed by atoms with Gasteiger partial charge in [0.15, 0.2) is 0 Å². The molecule has 0 bridgehead atoms. The van der Waals surface area contributed by atoms with Crippen LogP contribution in [0.4, 0.5) is 0 Å². The van der Waals surface area contributed by atoms with Gasteiger partial charge in [-0.2, -0.15) is 0 Å². The van der Waals surface area contributed by atoms with Crippen molar-refractivity contribution >= 4 is 19.0 Å². The first-order valence-electron chi connectivity index (χ1n) is 4.90. The van der Waals surface area contributed by atoms with Crippen LogP contribution in [0.25, 0.3) is 0 Å². The molecule has 2 aliphatic heterocycles. The zero-order chi connectivity index (χ0) is 10.3. The van der Waals surface area contributed by atoms with Gasteiger partial charge in [-0.15, -0.1) is 0 Å². The number of hydrogen-bond acceptors (Lipinski definition) is 0. The minimum atomic E-state index is 0.903. The highest BCUT2D eigenvalue weighted by Crippen LogP contribution is 2.31. The monoisotopic (exact) mass is 214 g/mol. The second-order valence-electron chi connectivity index (χ2n) is 3.94. The van der Waals surface area contributed by atoms with Crippen LogP contribution in [-0.4, -0.2) is 19.0 Å². The van der Waals surface area contributed by atoms with E-state index in [4.69, 9.17) is 0 Å². The van der Waals surface area contributed by atoms with Gasteiger partial charge in [0.2, 0.25) is 0 Å². The molecule has 0 N–H and O–H groups in total. The smallest absolute Gasteiger partial charge is 0.0901 e. The fourth-order valence-electron chi connectivity index (χ4n) is 1.71. The topological polar surface area (TPSA) is 0 Å². The van der Waals surface area contributed by atoms with E-state index in [1.807, 2.05) is 0 Å². The largest absolute Gasteiger partial charge is 0.112 e. The van der Waals surface area contributed by atoms with Crippen LogP contribution in [0.5, 0.6) is 0 Å². The maximum absolute atomic E-state index is 2.38. The van der Waals surface area contributed by atoms with Crippen LogP contribution in [0.1, 0.15) is 27.7 Å². The number of hydrogen-bond donors (Lipinski definition) is 0. The predicted octanol–water partition coefficient (Wildman–Crippen LogP) is 2.78. The van der Waals surface area contributed by atoms with Crippen LogP contribution < -0.4 is 0 Å². The average molecular weight is 214 g/mol. The highest BCUT2D eigenvalue weighted by molar-refractivity contribution is 6.64. The molecule has 0 aromatic heterocycles. The molecule has 0 spiro atoms. The molecule has 2 rings (SSSR count). The third-order valence-corrected chi connectivity index (χ3v) is 6.28. The van der Waals surface area contributed by atoms with Crippen molar-refractivity contribution in [1.29, 1.82) is 0 Å². The Hall–Kier alpha value is -0.606. The lowest BCUT2D eigenvalue weighted by atomic mass is 10.1. The Morgan fingerprint density at radius 1 is 0.714 bits per heavy atom. The van der Waals surface area contributed by atoms with Gasteiger partial charge < -0.3 is 0 Å². The van der Waals surface area contributed by atoms with E-state index in [1.165, 1.54) is 22.3 Å². The summed E-state index contributed by atoms with van der Waals surface area (Å²) in [5, 5.41) is 3.23. The van der Waals surface area contributed by atoms with Gasteiger partial charge in [-0.1, -0.05) is 32.9 Å². The molecule has 0 amide bonds. The Morgan fingerprint density at radius 2 is 1.07 bits per heavy atom. The summed E-state index contributed by atoms with van der Waals surface area (Å²) in [5.41, 5.74) is 10.8. The quantitative estimate of drug-likeness (QED) is 0.589. The minimum absolute atomic E-state index is 0.903. The first-order chi connectivity index (χ1) is 6.61. The summed E-state index contributed by atoms with van der Waals surface area (Å²) in [5.74, 6) is 0. The van der Waals surface area contributed by atoms with Crippen molar-refractivity contribution in [2.45, 2.75) is 27.7 Å². The van der Waals surface area contributed by atoms with Crippen LogP contribution in [0, 0.1) is 0 Å². The molecule has 2 heteroatoms. The Bertz CT molecular complexity index is 366. The zero-order valence-corrected chi connectivity index (χ0v) is 11.2. The molecule has 14 heavy (non-hydrogen) atoms. The van der Waals surface area contributed by atoms with Crippen LogP contribution in [0.3, 0.4) is 0 Å². The highest BCUT2D eigenvalue weighted by Gasteiger charge is 2.20. The third kappa shape index (κ3) is 1.42. The standard InChI is InChI=1S/C12H14Si2/c1-7-5-13-11(9(7)3)12-10(4)8(2)6-14-12/h5-6H,1-4H3. The first kappa shape index (κ1) is 9.93. The molecule has 0 fully saturated rings. The van der Waals surface area contributed by atoms with Gasteiger partial charge in [-0.05, 0) is 38.8 Å². The fourth-order valence-corrected chi connectivity index (χ4v) is 4.79. The molecule has 0 aromatic carbocycles. The van der Waals surface area contributed by atoms with Gasteiger partial charge in [-0.25, -0.2) is 0 Å². The van der Waals surface area contributed by atoms with E-state index in [1.54, 1.807) is 10.4 Å². The molecule has 0 unspecified atom stereocenters. The predicted molar refractivity (Wildman–Crippen MR) is 64.4 cm³/mol. The van der Waals surface area contributed by atoms with Gasteiger partial charge in [-0.3, -0.25) is 0 Å². The molecule has 0 nitrogen and oxygen atoms in total. The summed E-state index contributed by atoms with van der Waals surface area (Å²) in [4.78, 5) is 0. The maximum Gasteiger partial charge on any atom is 0.112 e. The van der Waals surface area contributed by atoms with Crippen LogP contribution in [0.15, 0.2) is 44.1 Å². The summed E-state index contributed by atoms with van der Waals surface area (Å²) < 4.78 is 0. The molecular weight excluding hydrogens is 200 g/mol. The molecule has 0 aromatic rings. The average Bonchev–Trinajstić information content (AvgIpc) is 2.63. The lowest BCUT2D eigenvalue weighted by Crippen LogP contribution is -2.01. The van der Waals surface area contributed by atoms with E-state index in [9.17, 15) is 0 Å². The third-order valence-electron chi connectivity index (χ3n) is 3.05. The molecule has 0 aliphatic carbocycles. The second kappa shape index (κ2) is 3.52. The van der Waals surface area contributed by atoms with Crippen molar-refractivity contribution in [3.63, 3.8) is 0 Å². The van der Waals surface area contributed by atoms with E-state index in [-0.39, 0.29) is 0 Å². The number of rotatable bonds is 1. The summed E-state index contributed by atoms with van der Waals surface area (Å²) in [7, 11) is 1.81. The van der Waals surface area contributed by atoms with Crippen LogP contribution in [-0.2, 0) is 0 Å². The summed E-state index contributed by atoms with van der Waals surface area (Å²) in [6, 6.07) is 0. The summed E-state index contributed by atoms with van der Waals surface area (Å²) >= 11 is 0. The highest BCUT2D eigenvalue weighted by atomic mass is 28.2. The Kier molecular flexibility index (Phi) is 2.49. The molecule has 0 atom stereocenters. The maximum atomic E-state index is 2.38. The summed E-state index contributed by atoms with van der Waals surface area (Å²) in [6.07, 6.45) is 0. The van der Waals surface area contributed by atoms with E-state index >= 15 is 0 Å². The summed E-state index contributed by atoms with van der Waals surface area (Å²) in [6.45, 7) is 8.98. The fraction of sp³-hybridized carbons (Fsp3) is 0.333. The Morgan fingerprint density at radius 3 is 1.29 bits per heavy atom. The molecule has 2 aliphatic rings.